The first-order chi connectivity index (χ1) is 10.5. The Morgan fingerprint density at radius 2 is 1.91 bits per heavy atom. The fourth-order valence-electron chi connectivity index (χ4n) is 2.77. The molecular weight excluding hydrogens is 280 g/mol. The maximum Gasteiger partial charge on any atom is 0.243 e. The molecule has 5 nitrogen and oxygen atoms in total. The van der Waals surface area contributed by atoms with Crippen molar-refractivity contribution < 1.29 is 14.3 Å². The molecule has 1 saturated carbocycles. The van der Waals surface area contributed by atoms with Crippen LogP contribution in [0, 0.1) is 5.92 Å². The Morgan fingerprint density at radius 3 is 2.50 bits per heavy atom. The largest absolute Gasteiger partial charge is 0.494 e. The number of carbonyl (C=O) groups excluding carboxylic acids is 2. The minimum Gasteiger partial charge on any atom is -0.494 e. The molecule has 2 rings (SSSR count). The van der Waals surface area contributed by atoms with Crippen LogP contribution in [0.2, 0.25) is 0 Å². The molecule has 2 amide bonds. The van der Waals surface area contributed by atoms with E-state index < -0.39 is 11.4 Å². The van der Waals surface area contributed by atoms with Crippen molar-refractivity contribution >= 4 is 11.8 Å². The van der Waals surface area contributed by atoms with Crippen LogP contribution >= 0.6 is 0 Å². The molecule has 1 aliphatic rings. The minimum absolute atomic E-state index is 0.127. The van der Waals surface area contributed by atoms with Crippen molar-refractivity contribution in [2.45, 2.75) is 44.6 Å². The normalized spacial score (nSPS) is 17.7. The molecule has 120 valence electrons. The Labute approximate surface area is 131 Å². The van der Waals surface area contributed by atoms with Crippen LogP contribution in [0.3, 0.4) is 0 Å². The molecule has 1 fully saturated rings. The fraction of sp³-hybridized carbons (Fsp3) is 0.529. The van der Waals surface area contributed by atoms with Crippen LogP contribution in [-0.2, 0) is 9.59 Å². The molecule has 0 radical (unpaired) electrons. The molecular formula is C17H24N2O3. The summed E-state index contributed by atoms with van der Waals surface area (Å²) < 4.78 is 5.60. The first-order valence-corrected chi connectivity index (χ1v) is 7.83. The number of hydrogen-bond acceptors (Lipinski definition) is 3. The number of carbonyl (C=O) groups is 2. The summed E-state index contributed by atoms with van der Waals surface area (Å²) in [5.41, 5.74) is 4.64. The van der Waals surface area contributed by atoms with Crippen molar-refractivity contribution in [1.29, 1.82) is 0 Å². The molecule has 1 aromatic rings. The zero-order valence-electron chi connectivity index (χ0n) is 13.0. The topological polar surface area (TPSA) is 81.4 Å². The second kappa shape index (κ2) is 7.29. The molecule has 0 aromatic heterocycles. The maximum atomic E-state index is 12.3. The first-order valence-electron chi connectivity index (χ1n) is 7.83. The van der Waals surface area contributed by atoms with E-state index in [1.807, 2.05) is 37.3 Å². The number of hydrogen-bond donors (Lipinski definition) is 2. The van der Waals surface area contributed by atoms with Gasteiger partial charge in [0.1, 0.15) is 11.3 Å². The van der Waals surface area contributed by atoms with Crippen LogP contribution in [0.15, 0.2) is 30.3 Å². The molecule has 0 aliphatic heterocycles. The highest BCUT2D eigenvalue weighted by molar-refractivity contribution is 5.91. The van der Waals surface area contributed by atoms with Crippen LogP contribution < -0.4 is 15.8 Å². The zero-order chi connectivity index (χ0) is 16.0. The third-order valence-corrected chi connectivity index (χ3v) is 4.30. The molecule has 1 aromatic carbocycles. The number of nitrogens with one attached hydrogen (secondary N) is 1. The average Bonchev–Trinajstić information content (AvgIpc) is 2.98. The first kappa shape index (κ1) is 16.3. The number of benzene rings is 1. The van der Waals surface area contributed by atoms with Gasteiger partial charge in [-0.1, -0.05) is 38.0 Å². The molecule has 22 heavy (non-hydrogen) atoms. The Bertz CT molecular complexity index is 510. The molecule has 0 saturated heterocycles. The quantitative estimate of drug-likeness (QED) is 0.808. The van der Waals surface area contributed by atoms with Gasteiger partial charge in [-0.15, -0.1) is 0 Å². The maximum absolute atomic E-state index is 12.3. The lowest BCUT2D eigenvalue weighted by molar-refractivity contribution is -0.133. The summed E-state index contributed by atoms with van der Waals surface area (Å²) in [7, 11) is 0. The van der Waals surface area contributed by atoms with Gasteiger partial charge in [-0.3, -0.25) is 9.59 Å². The molecule has 1 atom stereocenters. The van der Waals surface area contributed by atoms with E-state index in [2.05, 4.69) is 5.32 Å². The van der Waals surface area contributed by atoms with Crippen LogP contribution in [0.5, 0.6) is 5.75 Å². The predicted molar refractivity (Wildman–Crippen MR) is 84.3 cm³/mol. The lowest BCUT2D eigenvalue weighted by Crippen LogP contribution is -2.56. The Balaban J connectivity index is 1.80. The van der Waals surface area contributed by atoms with Crippen LogP contribution in [-0.4, -0.2) is 24.0 Å². The smallest absolute Gasteiger partial charge is 0.243 e. The van der Waals surface area contributed by atoms with E-state index in [-0.39, 0.29) is 11.8 Å². The fourth-order valence-corrected chi connectivity index (χ4v) is 2.77. The Hall–Kier alpha value is -2.04. The molecule has 0 bridgehead atoms. The number of para-hydroxylation sites is 1. The predicted octanol–water partition coefficient (Wildman–Crippen LogP) is 2.01. The third-order valence-electron chi connectivity index (χ3n) is 4.30. The highest BCUT2D eigenvalue weighted by Gasteiger charge is 2.41. The summed E-state index contributed by atoms with van der Waals surface area (Å²) >= 11 is 0. The van der Waals surface area contributed by atoms with E-state index in [1.54, 1.807) is 0 Å². The summed E-state index contributed by atoms with van der Waals surface area (Å²) in [6, 6.07) is 9.49. The van der Waals surface area contributed by atoms with Crippen molar-refractivity contribution in [3.8, 4) is 5.75 Å². The third kappa shape index (κ3) is 4.00. The molecule has 5 heteroatoms. The lowest BCUT2D eigenvalue weighted by atomic mass is 9.95. The van der Waals surface area contributed by atoms with E-state index in [4.69, 9.17) is 10.5 Å². The van der Waals surface area contributed by atoms with Crippen LogP contribution in [0.1, 0.15) is 39.0 Å². The Kier molecular flexibility index (Phi) is 5.41. The van der Waals surface area contributed by atoms with E-state index in [1.165, 1.54) is 0 Å². The molecule has 1 aliphatic carbocycles. The van der Waals surface area contributed by atoms with Gasteiger partial charge in [-0.25, -0.2) is 0 Å². The van der Waals surface area contributed by atoms with Crippen molar-refractivity contribution in [2.24, 2.45) is 11.7 Å². The molecule has 0 heterocycles. The summed E-state index contributed by atoms with van der Waals surface area (Å²) in [5.74, 6) is 0.0171. The van der Waals surface area contributed by atoms with Crippen LogP contribution in [0.25, 0.3) is 0 Å². The van der Waals surface area contributed by atoms with Gasteiger partial charge in [0.2, 0.25) is 11.8 Å². The van der Waals surface area contributed by atoms with Gasteiger partial charge in [0.25, 0.3) is 0 Å². The molecule has 0 unspecified atom stereocenters. The van der Waals surface area contributed by atoms with Crippen molar-refractivity contribution in [2.75, 3.05) is 6.61 Å². The highest BCUT2D eigenvalue weighted by atomic mass is 16.5. The monoisotopic (exact) mass is 304 g/mol. The number of ether oxygens (including phenoxy) is 1. The van der Waals surface area contributed by atoms with Gasteiger partial charge < -0.3 is 15.8 Å². The van der Waals surface area contributed by atoms with Crippen molar-refractivity contribution in [1.82, 2.24) is 5.32 Å². The molecule has 0 spiro atoms. The summed E-state index contributed by atoms with van der Waals surface area (Å²) in [4.78, 5) is 23.9. The Morgan fingerprint density at radius 1 is 1.27 bits per heavy atom. The van der Waals surface area contributed by atoms with Gasteiger partial charge >= 0.3 is 0 Å². The van der Waals surface area contributed by atoms with E-state index in [0.717, 1.165) is 18.6 Å². The highest BCUT2D eigenvalue weighted by Crippen LogP contribution is 2.29. The average molecular weight is 304 g/mol. The number of amides is 2. The standard InChI is InChI=1S/C17H24N2O3/c1-13(9-12-22-14-7-3-2-4-8-14)15(20)19-17(16(18)21)10-5-6-11-17/h2-4,7-8,13H,5-6,9-12H2,1H3,(H2,18,21)(H,19,20)/t13-/m0/s1. The molecule has 3 N–H and O–H groups in total. The zero-order valence-corrected chi connectivity index (χ0v) is 13.0. The number of rotatable bonds is 7. The number of nitrogens with two attached hydrogens (primary N) is 1. The lowest BCUT2D eigenvalue weighted by Gasteiger charge is -2.28. The van der Waals surface area contributed by atoms with E-state index in [0.29, 0.717) is 25.9 Å². The van der Waals surface area contributed by atoms with Crippen molar-refractivity contribution in [3.05, 3.63) is 30.3 Å². The van der Waals surface area contributed by atoms with Gasteiger partial charge in [-0.05, 0) is 31.4 Å². The minimum atomic E-state index is -0.842. The van der Waals surface area contributed by atoms with Gasteiger partial charge in [0, 0.05) is 5.92 Å². The number of primary amides is 1. The summed E-state index contributed by atoms with van der Waals surface area (Å²) in [5, 5.41) is 2.87. The SMILES string of the molecule is C[C@@H](CCOc1ccccc1)C(=O)NC1(C(N)=O)CCCC1. The summed E-state index contributed by atoms with van der Waals surface area (Å²) in [6.45, 7) is 2.30. The van der Waals surface area contributed by atoms with Crippen molar-refractivity contribution in [3.63, 3.8) is 0 Å². The van der Waals surface area contributed by atoms with Gasteiger partial charge in [0.05, 0.1) is 6.61 Å². The van der Waals surface area contributed by atoms with E-state index >= 15 is 0 Å². The van der Waals surface area contributed by atoms with E-state index in [9.17, 15) is 9.59 Å². The second-order valence-electron chi connectivity index (χ2n) is 5.99. The van der Waals surface area contributed by atoms with Gasteiger partial charge in [-0.2, -0.15) is 0 Å². The van der Waals surface area contributed by atoms with Crippen LogP contribution in [0.4, 0.5) is 0 Å². The summed E-state index contributed by atoms with van der Waals surface area (Å²) in [6.07, 6.45) is 3.72. The van der Waals surface area contributed by atoms with Gasteiger partial charge in [0.15, 0.2) is 0 Å². The second-order valence-corrected chi connectivity index (χ2v) is 5.99.